The Labute approximate surface area is 141 Å². The minimum absolute atomic E-state index is 0.317. The highest BCUT2D eigenvalue weighted by atomic mass is 16.5. The number of methoxy groups -OCH3 is 1. The standard InChI is InChI=1S/C19H21N3O2/c1-21(2)13-18-20-16-6-4-5-7-17(16)22(18)12-14-8-10-15(11-9-14)19(23)24-3/h4-11H,12-13H2,1-3H3. The summed E-state index contributed by atoms with van der Waals surface area (Å²) < 4.78 is 6.97. The van der Waals surface area contributed by atoms with Gasteiger partial charge in [0.05, 0.1) is 30.3 Å². The van der Waals surface area contributed by atoms with Crippen LogP contribution in [0.25, 0.3) is 11.0 Å². The van der Waals surface area contributed by atoms with Crippen LogP contribution in [0.3, 0.4) is 0 Å². The fraction of sp³-hybridized carbons (Fsp3) is 0.263. The van der Waals surface area contributed by atoms with Crippen LogP contribution in [-0.4, -0.2) is 41.6 Å². The average molecular weight is 323 g/mol. The van der Waals surface area contributed by atoms with Crippen LogP contribution in [0.4, 0.5) is 0 Å². The number of ether oxygens (including phenoxy) is 1. The molecule has 3 rings (SSSR count). The van der Waals surface area contributed by atoms with Crippen LogP contribution in [0.1, 0.15) is 21.7 Å². The van der Waals surface area contributed by atoms with Crippen molar-refractivity contribution >= 4 is 17.0 Å². The molecule has 0 bridgehead atoms. The highest BCUT2D eigenvalue weighted by Crippen LogP contribution is 2.19. The van der Waals surface area contributed by atoms with E-state index >= 15 is 0 Å². The monoisotopic (exact) mass is 323 g/mol. The summed E-state index contributed by atoms with van der Waals surface area (Å²) in [5, 5.41) is 0. The first-order valence-electron chi connectivity index (χ1n) is 7.84. The molecule has 0 unspecified atom stereocenters. The first-order valence-corrected chi connectivity index (χ1v) is 7.84. The van der Waals surface area contributed by atoms with Crippen LogP contribution in [0.15, 0.2) is 48.5 Å². The third kappa shape index (κ3) is 3.31. The molecule has 0 saturated carbocycles. The summed E-state index contributed by atoms with van der Waals surface area (Å²) in [7, 11) is 5.46. The summed E-state index contributed by atoms with van der Waals surface area (Å²) in [6, 6.07) is 15.7. The van der Waals surface area contributed by atoms with Gasteiger partial charge in [-0.2, -0.15) is 0 Å². The van der Waals surface area contributed by atoms with Gasteiger partial charge in [-0.3, -0.25) is 0 Å². The Bertz CT molecular complexity index is 851. The van der Waals surface area contributed by atoms with E-state index in [0.29, 0.717) is 12.1 Å². The number of carbonyl (C=O) groups excluding carboxylic acids is 1. The summed E-state index contributed by atoms with van der Waals surface area (Å²) in [6.07, 6.45) is 0. The topological polar surface area (TPSA) is 47.4 Å². The molecule has 0 spiro atoms. The predicted molar refractivity (Wildman–Crippen MR) is 94.0 cm³/mol. The van der Waals surface area contributed by atoms with Crippen molar-refractivity contribution in [1.82, 2.24) is 14.5 Å². The number of fused-ring (bicyclic) bond motifs is 1. The molecule has 124 valence electrons. The molecular weight excluding hydrogens is 302 g/mol. The van der Waals surface area contributed by atoms with E-state index in [1.54, 1.807) is 12.1 Å². The van der Waals surface area contributed by atoms with Gasteiger partial charge in [-0.1, -0.05) is 24.3 Å². The summed E-state index contributed by atoms with van der Waals surface area (Å²) >= 11 is 0. The summed E-state index contributed by atoms with van der Waals surface area (Å²) in [4.78, 5) is 18.4. The highest BCUT2D eigenvalue weighted by molar-refractivity contribution is 5.89. The number of aromatic nitrogens is 2. The molecule has 0 atom stereocenters. The van der Waals surface area contributed by atoms with Crippen molar-refractivity contribution in [3.8, 4) is 0 Å². The maximum absolute atomic E-state index is 11.5. The molecule has 0 amide bonds. The lowest BCUT2D eigenvalue weighted by Gasteiger charge is -2.13. The smallest absolute Gasteiger partial charge is 0.337 e. The second kappa shape index (κ2) is 6.84. The second-order valence-electron chi connectivity index (χ2n) is 6.03. The third-order valence-corrected chi connectivity index (χ3v) is 3.91. The van der Waals surface area contributed by atoms with E-state index < -0.39 is 0 Å². The highest BCUT2D eigenvalue weighted by Gasteiger charge is 2.12. The quantitative estimate of drug-likeness (QED) is 0.677. The Balaban J connectivity index is 1.95. The van der Waals surface area contributed by atoms with Crippen molar-refractivity contribution in [2.45, 2.75) is 13.1 Å². The molecule has 0 radical (unpaired) electrons. The molecule has 0 aliphatic rings. The van der Waals surface area contributed by atoms with Crippen molar-refractivity contribution in [3.63, 3.8) is 0 Å². The van der Waals surface area contributed by atoms with Crippen LogP contribution in [-0.2, 0) is 17.8 Å². The molecular formula is C19H21N3O2. The Kier molecular flexibility index (Phi) is 4.62. The van der Waals surface area contributed by atoms with Gasteiger partial charge in [0.25, 0.3) is 0 Å². The van der Waals surface area contributed by atoms with E-state index in [2.05, 4.69) is 15.5 Å². The predicted octanol–water partition coefficient (Wildman–Crippen LogP) is 2.93. The Morgan fingerprint density at radius 3 is 2.50 bits per heavy atom. The zero-order valence-corrected chi connectivity index (χ0v) is 14.2. The van der Waals surface area contributed by atoms with Gasteiger partial charge in [0, 0.05) is 6.54 Å². The number of hydrogen-bond donors (Lipinski definition) is 0. The van der Waals surface area contributed by atoms with Gasteiger partial charge in [-0.15, -0.1) is 0 Å². The molecule has 0 fully saturated rings. The van der Waals surface area contributed by atoms with Crippen molar-refractivity contribution in [2.24, 2.45) is 0 Å². The molecule has 0 aliphatic heterocycles. The number of nitrogens with zero attached hydrogens (tertiary/aromatic N) is 3. The van der Waals surface area contributed by atoms with Crippen LogP contribution in [0.5, 0.6) is 0 Å². The number of para-hydroxylation sites is 2. The number of carbonyl (C=O) groups is 1. The Morgan fingerprint density at radius 2 is 1.83 bits per heavy atom. The van der Waals surface area contributed by atoms with E-state index in [4.69, 9.17) is 9.72 Å². The molecule has 0 N–H and O–H groups in total. The van der Waals surface area contributed by atoms with E-state index in [0.717, 1.165) is 29.0 Å². The number of hydrogen-bond acceptors (Lipinski definition) is 4. The largest absolute Gasteiger partial charge is 0.465 e. The van der Waals surface area contributed by atoms with Gasteiger partial charge in [0.15, 0.2) is 0 Å². The van der Waals surface area contributed by atoms with Crippen LogP contribution in [0.2, 0.25) is 0 Å². The van der Waals surface area contributed by atoms with Crippen LogP contribution in [0, 0.1) is 0 Å². The fourth-order valence-corrected chi connectivity index (χ4v) is 2.75. The van der Waals surface area contributed by atoms with Gasteiger partial charge in [-0.05, 0) is 43.9 Å². The minimum atomic E-state index is -0.317. The molecule has 1 aromatic heterocycles. The van der Waals surface area contributed by atoms with Gasteiger partial charge < -0.3 is 14.2 Å². The first-order chi connectivity index (χ1) is 11.6. The number of esters is 1. The lowest BCUT2D eigenvalue weighted by Crippen LogP contribution is -2.16. The second-order valence-corrected chi connectivity index (χ2v) is 6.03. The Hall–Kier alpha value is -2.66. The summed E-state index contributed by atoms with van der Waals surface area (Å²) in [5.41, 5.74) is 3.79. The maximum Gasteiger partial charge on any atom is 0.337 e. The lowest BCUT2D eigenvalue weighted by molar-refractivity contribution is 0.0600. The number of rotatable bonds is 5. The van der Waals surface area contributed by atoms with Crippen molar-refractivity contribution in [2.75, 3.05) is 21.2 Å². The van der Waals surface area contributed by atoms with E-state index in [1.807, 2.05) is 44.4 Å². The van der Waals surface area contributed by atoms with Gasteiger partial charge in [0.2, 0.25) is 0 Å². The van der Waals surface area contributed by atoms with Gasteiger partial charge in [-0.25, -0.2) is 9.78 Å². The van der Waals surface area contributed by atoms with E-state index in [-0.39, 0.29) is 5.97 Å². The zero-order chi connectivity index (χ0) is 17.1. The van der Waals surface area contributed by atoms with Crippen LogP contribution >= 0.6 is 0 Å². The average Bonchev–Trinajstić information content (AvgIpc) is 2.91. The summed E-state index contributed by atoms with van der Waals surface area (Å²) in [6.45, 7) is 1.49. The van der Waals surface area contributed by atoms with E-state index in [9.17, 15) is 4.79 Å². The molecule has 5 nitrogen and oxygen atoms in total. The molecule has 3 aromatic rings. The molecule has 24 heavy (non-hydrogen) atoms. The molecule has 1 heterocycles. The van der Waals surface area contributed by atoms with E-state index in [1.165, 1.54) is 7.11 Å². The molecule has 0 saturated heterocycles. The molecule has 0 aliphatic carbocycles. The molecule has 5 heteroatoms. The Morgan fingerprint density at radius 1 is 1.12 bits per heavy atom. The number of imidazole rings is 1. The summed E-state index contributed by atoms with van der Waals surface area (Å²) in [5.74, 6) is 0.709. The number of benzene rings is 2. The van der Waals surface area contributed by atoms with Crippen LogP contribution < -0.4 is 0 Å². The zero-order valence-electron chi connectivity index (χ0n) is 14.2. The fourth-order valence-electron chi connectivity index (χ4n) is 2.75. The SMILES string of the molecule is COC(=O)c1ccc(Cn2c(CN(C)C)nc3ccccc32)cc1. The van der Waals surface area contributed by atoms with Gasteiger partial charge in [0.1, 0.15) is 5.82 Å². The normalized spacial score (nSPS) is 11.2. The van der Waals surface area contributed by atoms with Crippen molar-refractivity contribution in [1.29, 1.82) is 0 Å². The van der Waals surface area contributed by atoms with Gasteiger partial charge >= 0.3 is 5.97 Å². The maximum atomic E-state index is 11.5. The van der Waals surface area contributed by atoms with Crippen molar-refractivity contribution < 1.29 is 9.53 Å². The minimum Gasteiger partial charge on any atom is -0.465 e. The van der Waals surface area contributed by atoms with Crippen molar-refractivity contribution in [3.05, 3.63) is 65.5 Å². The lowest BCUT2D eigenvalue weighted by atomic mass is 10.1. The third-order valence-electron chi connectivity index (χ3n) is 3.91. The molecule has 2 aromatic carbocycles. The first kappa shape index (κ1) is 16.2.